The third kappa shape index (κ3) is 7.72. The topological polar surface area (TPSA) is 49.4 Å². The van der Waals surface area contributed by atoms with Crippen LogP contribution in [0.4, 0.5) is 0 Å². The fraction of sp³-hybridized carbons (Fsp3) is 0.440. The van der Waals surface area contributed by atoms with Gasteiger partial charge in [-0.25, -0.2) is 0 Å². The van der Waals surface area contributed by atoms with Crippen molar-refractivity contribution in [2.24, 2.45) is 0 Å². The summed E-state index contributed by atoms with van der Waals surface area (Å²) < 4.78 is 0. The van der Waals surface area contributed by atoms with Crippen LogP contribution in [0, 0.1) is 6.92 Å². The fourth-order valence-electron chi connectivity index (χ4n) is 3.30. The van der Waals surface area contributed by atoms with Gasteiger partial charge < -0.3 is 10.2 Å². The van der Waals surface area contributed by atoms with E-state index >= 15 is 0 Å². The molecule has 0 aliphatic heterocycles. The number of halogens is 2. The average molecular weight is 496 g/mol. The average Bonchev–Trinajstić information content (AvgIpc) is 2.77. The first-order chi connectivity index (χ1) is 15.3. The molecular formula is C25H32Cl2N2O2S. The first-order valence-corrected chi connectivity index (χ1v) is 12.8. The van der Waals surface area contributed by atoms with Gasteiger partial charge in [-0.3, -0.25) is 9.59 Å². The van der Waals surface area contributed by atoms with Crippen molar-refractivity contribution in [1.29, 1.82) is 0 Å². The summed E-state index contributed by atoms with van der Waals surface area (Å²) in [6.45, 7) is 8.39. The maximum absolute atomic E-state index is 13.3. The lowest BCUT2D eigenvalue weighted by Crippen LogP contribution is -2.51. The Labute approximate surface area is 206 Å². The van der Waals surface area contributed by atoms with Crippen LogP contribution < -0.4 is 5.32 Å². The molecule has 0 aromatic heterocycles. The summed E-state index contributed by atoms with van der Waals surface area (Å²) in [4.78, 5) is 28.0. The van der Waals surface area contributed by atoms with E-state index in [4.69, 9.17) is 23.2 Å². The zero-order valence-corrected chi connectivity index (χ0v) is 21.5. The minimum atomic E-state index is -0.512. The second-order valence-corrected chi connectivity index (χ2v) is 9.73. The van der Waals surface area contributed by atoms with Gasteiger partial charge in [-0.1, -0.05) is 67.4 Å². The molecule has 1 N–H and O–H groups in total. The standard InChI is InChI=1S/C25H32Cl2N2O2S/c1-5-18(4)28-25(31)23(6-2)29(14-20-10-8-7-9-17(20)3)24(30)16-32-15-19-11-12-21(26)22(27)13-19/h7-13,18,23H,5-6,14-16H2,1-4H3,(H,28,31)/t18-,23-/m0/s1. The number of thioether (sulfide) groups is 1. The van der Waals surface area contributed by atoms with Crippen LogP contribution in [0.25, 0.3) is 0 Å². The second kappa shape index (κ2) is 13.1. The molecule has 2 amide bonds. The minimum absolute atomic E-state index is 0.0514. The number of rotatable bonds is 11. The molecule has 0 bridgehead atoms. The van der Waals surface area contributed by atoms with Crippen molar-refractivity contribution in [3.8, 4) is 0 Å². The number of hydrogen-bond acceptors (Lipinski definition) is 3. The lowest BCUT2D eigenvalue weighted by molar-refractivity contribution is -0.139. The van der Waals surface area contributed by atoms with E-state index in [1.807, 2.05) is 64.1 Å². The summed E-state index contributed by atoms with van der Waals surface area (Å²) in [5.74, 6) is 0.762. The largest absolute Gasteiger partial charge is 0.352 e. The summed E-state index contributed by atoms with van der Waals surface area (Å²) in [6.07, 6.45) is 1.39. The zero-order valence-electron chi connectivity index (χ0n) is 19.2. The van der Waals surface area contributed by atoms with Crippen molar-refractivity contribution in [1.82, 2.24) is 10.2 Å². The number of carbonyl (C=O) groups excluding carboxylic acids is 2. The number of benzene rings is 2. The molecular weight excluding hydrogens is 463 g/mol. The van der Waals surface area contributed by atoms with Crippen molar-refractivity contribution in [3.05, 3.63) is 69.2 Å². The van der Waals surface area contributed by atoms with Gasteiger partial charge >= 0.3 is 0 Å². The predicted octanol–water partition coefficient (Wildman–Crippen LogP) is 6.26. The van der Waals surface area contributed by atoms with Crippen molar-refractivity contribution < 1.29 is 9.59 Å². The summed E-state index contributed by atoms with van der Waals surface area (Å²) in [6, 6.07) is 13.0. The maximum atomic E-state index is 13.3. The van der Waals surface area contributed by atoms with E-state index in [0.29, 0.717) is 28.8 Å². The molecule has 32 heavy (non-hydrogen) atoms. The first-order valence-electron chi connectivity index (χ1n) is 10.9. The smallest absolute Gasteiger partial charge is 0.243 e. The van der Waals surface area contributed by atoms with Crippen LogP contribution in [-0.4, -0.2) is 34.6 Å². The Morgan fingerprint density at radius 1 is 1.06 bits per heavy atom. The molecule has 0 heterocycles. The Kier molecular flexibility index (Phi) is 10.9. The molecule has 0 spiro atoms. The molecule has 0 saturated carbocycles. The molecule has 174 valence electrons. The zero-order chi connectivity index (χ0) is 23.7. The Morgan fingerprint density at radius 3 is 2.41 bits per heavy atom. The molecule has 0 saturated heterocycles. The van der Waals surface area contributed by atoms with Gasteiger partial charge in [0.25, 0.3) is 0 Å². The molecule has 0 radical (unpaired) electrons. The fourth-order valence-corrected chi connectivity index (χ4v) is 4.48. The first kappa shape index (κ1) is 26.6. The molecule has 2 atom stereocenters. The van der Waals surface area contributed by atoms with Crippen molar-refractivity contribution >= 4 is 46.8 Å². The highest BCUT2D eigenvalue weighted by Gasteiger charge is 2.29. The molecule has 0 unspecified atom stereocenters. The van der Waals surface area contributed by atoms with E-state index in [1.165, 1.54) is 11.8 Å². The molecule has 0 aliphatic rings. The van der Waals surface area contributed by atoms with Crippen LogP contribution in [0.1, 0.15) is 50.3 Å². The second-order valence-electron chi connectivity index (χ2n) is 7.93. The van der Waals surface area contributed by atoms with E-state index in [0.717, 1.165) is 23.1 Å². The van der Waals surface area contributed by atoms with Gasteiger partial charge in [0, 0.05) is 18.3 Å². The Morgan fingerprint density at radius 2 is 1.78 bits per heavy atom. The lowest BCUT2D eigenvalue weighted by Gasteiger charge is -2.32. The van der Waals surface area contributed by atoms with Gasteiger partial charge in [0.05, 0.1) is 15.8 Å². The predicted molar refractivity (Wildman–Crippen MR) is 136 cm³/mol. The number of carbonyl (C=O) groups is 2. The molecule has 2 aromatic rings. The number of amides is 2. The van der Waals surface area contributed by atoms with Gasteiger partial charge in [0.1, 0.15) is 6.04 Å². The lowest BCUT2D eigenvalue weighted by atomic mass is 10.1. The molecule has 2 rings (SSSR count). The van der Waals surface area contributed by atoms with E-state index in [1.54, 1.807) is 11.0 Å². The van der Waals surface area contributed by atoms with E-state index in [9.17, 15) is 9.59 Å². The van der Waals surface area contributed by atoms with Gasteiger partial charge in [0.2, 0.25) is 11.8 Å². The third-order valence-corrected chi connectivity index (χ3v) is 7.19. The SMILES string of the molecule is CC[C@H](C)NC(=O)[C@H](CC)N(Cc1ccccc1C)C(=O)CSCc1ccc(Cl)c(Cl)c1. The van der Waals surface area contributed by atoms with E-state index in [2.05, 4.69) is 5.32 Å². The van der Waals surface area contributed by atoms with Crippen LogP contribution in [-0.2, 0) is 21.9 Å². The van der Waals surface area contributed by atoms with Gasteiger partial charge in [-0.05, 0) is 55.5 Å². The van der Waals surface area contributed by atoms with Crippen molar-refractivity contribution in [3.63, 3.8) is 0 Å². The number of hydrogen-bond donors (Lipinski definition) is 1. The maximum Gasteiger partial charge on any atom is 0.243 e. The molecule has 0 fully saturated rings. The minimum Gasteiger partial charge on any atom is -0.352 e. The number of nitrogens with one attached hydrogen (secondary N) is 1. The highest BCUT2D eigenvalue weighted by molar-refractivity contribution is 7.99. The van der Waals surface area contributed by atoms with Crippen LogP contribution in [0.5, 0.6) is 0 Å². The molecule has 4 nitrogen and oxygen atoms in total. The molecule has 7 heteroatoms. The van der Waals surface area contributed by atoms with Crippen LogP contribution >= 0.6 is 35.0 Å². The summed E-state index contributed by atoms with van der Waals surface area (Å²) in [5, 5.41) is 4.06. The Hall–Kier alpha value is -1.69. The van der Waals surface area contributed by atoms with Gasteiger partial charge in [0.15, 0.2) is 0 Å². The molecule has 2 aromatic carbocycles. The van der Waals surface area contributed by atoms with E-state index in [-0.39, 0.29) is 23.6 Å². The van der Waals surface area contributed by atoms with Gasteiger partial charge in [-0.2, -0.15) is 0 Å². The Balaban J connectivity index is 2.15. The summed E-state index contributed by atoms with van der Waals surface area (Å²) >= 11 is 13.6. The summed E-state index contributed by atoms with van der Waals surface area (Å²) in [7, 11) is 0. The third-order valence-electron chi connectivity index (χ3n) is 5.47. The van der Waals surface area contributed by atoms with Crippen LogP contribution in [0.3, 0.4) is 0 Å². The quantitative estimate of drug-likeness (QED) is 0.401. The highest BCUT2D eigenvalue weighted by Crippen LogP contribution is 2.25. The van der Waals surface area contributed by atoms with Crippen LogP contribution in [0.15, 0.2) is 42.5 Å². The Bertz CT molecular complexity index is 923. The highest BCUT2D eigenvalue weighted by atomic mass is 35.5. The molecule has 0 aliphatic carbocycles. The number of nitrogens with zero attached hydrogens (tertiary/aromatic N) is 1. The summed E-state index contributed by atoms with van der Waals surface area (Å²) in [5.41, 5.74) is 3.15. The number of aryl methyl sites for hydroxylation is 1. The van der Waals surface area contributed by atoms with Crippen molar-refractivity contribution in [2.75, 3.05) is 5.75 Å². The van der Waals surface area contributed by atoms with Crippen LogP contribution in [0.2, 0.25) is 10.0 Å². The van der Waals surface area contributed by atoms with Crippen molar-refractivity contribution in [2.45, 2.75) is 64.9 Å². The van der Waals surface area contributed by atoms with E-state index < -0.39 is 6.04 Å². The monoisotopic (exact) mass is 494 g/mol. The normalized spacial score (nSPS) is 12.8. The van der Waals surface area contributed by atoms with Gasteiger partial charge in [-0.15, -0.1) is 11.8 Å².